The predicted molar refractivity (Wildman–Crippen MR) is 281 cm³/mol. The first-order valence-corrected chi connectivity index (χ1v) is 25.4. The lowest BCUT2D eigenvalue weighted by molar-refractivity contribution is 0.0641. The average molecular weight is 964 g/mol. The van der Waals surface area contributed by atoms with Crippen LogP contribution in [0.3, 0.4) is 0 Å². The predicted octanol–water partition coefficient (Wildman–Crippen LogP) is 13.9. The zero-order valence-corrected chi connectivity index (χ0v) is 41.8. The molecule has 0 spiro atoms. The lowest BCUT2D eigenvalue weighted by Crippen LogP contribution is -2.41. The molecule has 2 saturated carbocycles. The second kappa shape index (κ2) is 24.9. The van der Waals surface area contributed by atoms with Crippen molar-refractivity contribution >= 4 is 40.9 Å². The highest BCUT2D eigenvalue weighted by Crippen LogP contribution is 2.29. The molecule has 3 aromatic heterocycles. The number of hydrogen-bond acceptors (Lipinski definition) is 6. The smallest absolute Gasteiger partial charge is 0.273 e. The summed E-state index contributed by atoms with van der Waals surface area (Å²) in [5, 5.41) is 4.42. The normalized spacial score (nSPS) is 17.1. The molecule has 6 aromatic rings. The van der Waals surface area contributed by atoms with Crippen LogP contribution in [0, 0.1) is 6.92 Å². The maximum atomic E-state index is 13.0. The molecular weight excluding hydrogens is 900 g/mol. The number of hydrogen-bond donors (Lipinski definition) is 1. The van der Waals surface area contributed by atoms with E-state index in [-0.39, 0.29) is 35.8 Å². The van der Waals surface area contributed by atoms with Gasteiger partial charge in [0.05, 0.1) is 17.1 Å². The van der Waals surface area contributed by atoms with Crippen molar-refractivity contribution in [1.29, 1.82) is 0 Å². The van der Waals surface area contributed by atoms with Gasteiger partial charge in [-0.05, 0) is 107 Å². The highest BCUT2D eigenvalue weighted by Gasteiger charge is 2.29. The number of nitrogens with one attached hydrogen (secondary N) is 1. The van der Waals surface area contributed by atoms with Gasteiger partial charge in [0.25, 0.3) is 17.7 Å². The van der Waals surface area contributed by atoms with Crippen LogP contribution in [-0.4, -0.2) is 73.2 Å². The highest BCUT2D eigenvalue weighted by atomic mass is 35.5. The summed E-state index contributed by atoms with van der Waals surface area (Å²) in [5.74, 6) is -0.0791. The minimum atomic E-state index is -0.0918. The number of aromatic nitrogens is 3. The first kappa shape index (κ1) is 50.7. The van der Waals surface area contributed by atoms with Crippen molar-refractivity contribution < 1.29 is 14.4 Å². The molecule has 2 fully saturated rings. The van der Waals surface area contributed by atoms with Crippen molar-refractivity contribution in [3.05, 3.63) is 172 Å². The van der Waals surface area contributed by atoms with E-state index in [0.29, 0.717) is 33.2 Å². The molecule has 2 aliphatic carbocycles. The molecule has 358 valence electrons. The Morgan fingerprint density at radius 1 is 0.565 bits per heavy atom. The highest BCUT2D eigenvalue weighted by molar-refractivity contribution is 6.33. The molecule has 0 radical (unpaired) electrons. The second-order valence-corrected chi connectivity index (χ2v) is 18.9. The molecule has 2 unspecified atom stereocenters. The van der Waals surface area contributed by atoms with E-state index in [2.05, 4.69) is 45.4 Å². The fourth-order valence-corrected chi connectivity index (χ4v) is 9.95. The molecule has 4 heterocycles. The largest absolute Gasteiger partial charge is 0.348 e. The standard InChI is InChI=1S/C20H23ClN2O.C19H21ClN2O.C19H20N2O/c1-2-23(15-9-4-3-5-10-15)20(24)19-14-8-13-18(22-19)16-11-6-7-12-17(16)21;20-16-11-6-5-10-15(16)17-12-7-13-18(22-17)19(23)21-14-8-3-1-2-4-9-14;1-13-7-4-5-8-16(13)17-9-6-10-18(20-17)19(22)21-14(2)11-12-15(21)3/h6-8,11-15H,2-5,9-10H2,1H3;5-7,10-14H,1-4,8-9H2,(H,21,23);4-12,14-15H,1-3H3. The number of carbonyl (C=O) groups excluding carboxylic acids is 3. The van der Waals surface area contributed by atoms with E-state index in [4.69, 9.17) is 23.2 Å². The van der Waals surface area contributed by atoms with Crippen molar-refractivity contribution in [3.8, 4) is 33.8 Å². The van der Waals surface area contributed by atoms with Gasteiger partial charge in [-0.2, -0.15) is 0 Å². The van der Waals surface area contributed by atoms with Gasteiger partial charge in [-0.3, -0.25) is 14.4 Å². The topological polar surface area (TPSA) is 108 Å². The van der Waals surface area contributed by atoms with Crippen LogP contribution in [0.4, 0.5) is 0 Å². The molecule has 3 aromatic carbocycles. The first-order valence-electron chi connectivity index (χ1n) is 24.6. The molecule has 9 rings (SSSR count). The Morgan fingerprint density at radius 2 is 1.01 bits per heavy atom. The van der Waals surface area contributed by atoms with Crippen LogP contribution < -0.4 is 5.32 Å². The van der Waals surface area contributed by atoms with Gasteiger partial charge >= 0.3 is 0 Å². The minimum absolute atomic E-state index is 0.0135. The Kier molecular flexibility index (Phi) is 18.3. The van der Waals surface area contributed by atoms with Crippen LogP contribution in [0.2, 0.25) is 10.0 Å². The summed E-state index contributed by atoms with van der Waals surface area (Å²) in [6, 6.07) is 40.8. The zero-order chi connectivity index (χ0) is 48.7. The Labute approximate surface area is 418 Å². The van der Waals surface area contributed by atoms with Crippen LogP contribution in [0.15, 0.2) is 140 Å². The van der Waals surface area contributed by atoms with Gasteiger partial charge in [0.15, 0.2) is 0 Å². The summed E-state index contributed by atoms with van der Waals surface area (Å²) in [6.07, 6.45) is 17.1. The second-order valence-electron chi connectivity index (χ2n) is 18.1. The van der Waals surface area contributed by atoms with Crippen LogP contribution >= 0.6 is 23.2 Å². The number of aryl methyl sites for hydroxylation is 1. The van der Waals surface area contributed by atoms with Gasteiger partial charge in [-0.25, -0.2) is 15.0 Å². The monoisotopic (exact) mass is 962 g/mol. The fourth-order valence-electron chi connectivity index (χ4n) is 9.49. The van der Waals surface area contributed by atoms with Crippen LogP contribution in [0.1, 0.15) is 128 Å². The van der Waals surface area contributed by atoms with Crippen LogP contribution in [0.5, 0.6) is 0 Å². The van der Waals surface area contributed by atoms with E-state index in [9.17, 15) is 14.4 Å². The quantitative estimate of drug-likeness (QED) is 0.114. The van der Waals surface area contributed by atoms with Gasteiger partial charge in [0.2, 0.25) is 0 Å². The molecule has 0 saturated heterocycles. The van der Waals surface area contributed by atoms with E-state index < -0.39 is 0 Å². The lowest BCUT2D eigenvalue weighted by Gasteiger charge is -2.33. The summed E-state index contributed by atoms with van der Waals surface area (Å²) in [7, 11) is 0. The number of amides is 3. The Bertz CT molecular complexity index is 2700. The Morgan fingerprint density at radius 3 is 1.57 bits per heavy atom. The third-order valence-corrected chi connectivity index (χ3v) is 13.9. The minimum Gasteiger partial charge on any atom is -0.348 e. The fraction of sp³-hybridized carbons (Fsp3) is 0.345. The van der Waals surface area contributed by atoms with Gasteiger partial charge in [-0.1, -0.05) is 159 Å². The van der Waals surface area contributed by atoms with E-state index in [1.807, 2.05) is 134 Å². The molecule has 1 aliphatic heterocycles. The molecular formula is C58H64Cl2N6O3. The van der Waals surface area contributed by atoms with E-state index in [0.717, 1.165) is 71.6 Å². The van der Waals surface area contributed by atoms with Crippen molar-refractivity contribution in [3.63, 3.8) is 0 Å². The SMILES string of the molecule is CCN(C(=O)c1cccc(-c2ccccc2Cl)n1)C1CCCCC1.Cc1ccccc1-c1cccc(C(=O)N2C(C)C=CC2C)n1.O=C(NC1CCCCCC1)c1cccc(-c2ccccc2Cl)n1. The molecule has 3 amide bonds. The molecule has 0 bridgehead atoms. The summed E-state index contributed by atoms with van der Waals surface area (Å²) >= 11 is 12.5. The maximum absolute atomic E-state index is 13.0. The molecule has 3 aliphatic rings. The zero-order valence-electron chi connectivity index (χ0n) is 40.3. The third kappa shape index (κ3) is 13.3. The molecule has 1 N–H and O–H groups in total. The van der Waals surface area contributed by atoms with E-state index in [1.54, 1.807) is 18.2 Å². The van der Waals surface area contributed by atoms with Gasteiger partial charge in [0, 0.05) is 57.4 Å². The molecule has 2 atom stereocenters. The van der Waals surface area contributed by atoms with Crippen molar-refractivity contribution in [2.24, 2.45) is 0 Å². The third-order valence-electron chi connectivity index (χ3n) is 13.2. The van der Waals surface area contributed by atoms with Gasteiger partial charge < -0.3 is 15.1 Å². The average Bonchev–Trinajstić information content (AvgIpc) is 3.52. The molecule has 9 nitrogen and oxygen atoms in total. The summed E-state index contributed by atoms with van der Waals surface area (Å²) in [6.45, 7) is 8.89. The number of nitrogens with zero attached hydrogens (tertiary/aromatic N) is 5. The van der Waals surface area contributed by atoms with Crippen molar-refractivity contribution in [2.45, 2.75) is 122 Å². The number of pyridine rings is 3. The maximum Gasteiger partial charge on any atom is 0.273 e. The Balaban J connectivity index is 0.000000153. The van der Waals surface area contributed by atoms with E-state index in [1.165, 1.54) is 44.9 Å². The summed E-state index contributed by atoms with van der Waals surface area (Å²) in [4.78, 5) is 55.8. The molecule has 69 heavy (non-hydrogen) atoms. The first-order chi connectivity index (χ1) is 33.5. The van der Waals surface area contributed by atoms with Gasteiger partial charge in [0.1, 0.15) is 17.1 Å². The number of benzene rings is 3. The Hall–Kier alpha value is -6.16. The lowest BCUT2D eigenvalue weighted by atomic mass is 9.94. The number of carbonyl (C=O) groups is 3. The summed E-state index contributed by atoms with van der Waals surface area (Å²) in [5.41, 5.74) is 7.69. The van der Waals surface area contributed by atoms with E-state index >= 15 is 0 Å². The van der Waals surface area contributed by atoms with Crippen LogP contribution in [-0.2, 0) is 0 Å². The molecule has 11 heteroatoms. The number of halogens is 2. The van der Waals surface area contributed by atoms with Crippen molar-refractivity contribution in [1.82, 2.24) is 30.1 Å². The van der Waals surface area contributed by atoms with Crippen molar-refractivity contribution in [2.75, 3.05) is 6.54 Å². The van der Waals surface area contributed by atoms with Crippen LogP contribution in [0.25, 0.3) is 33.8 Å². The summed E-state index contributed by atoms with van der Waals surface area (Å²) < 4.78 is 0. The van der Waals surface area contributed by atoms with Gasteiger partial charge in [-0.15, -0.1) is 0 Å². The number of rotatable bonds is 9.